The van der Waals surface area contributed by atoms with Crippen LogP contribution in [0.4, 0.5) is 5.69 Å². The lowest BCUT2D eigenvalue weighted by atomic mass is 9.99. The lowest BCUT2D eigenvalue weighted by Gasteiger charge is -2.20. The maximum Gasteiger partial charge on any atom is 0.234 e. The first-order valence-electron chi connectivity index (χ1n) is 29.9. The van der Waals surface area contributed by atoms with Crippen molar-refractivity contribution in [3.63, 3.8) is 0 Å². The predicted molar refractivity (Wildman–Crippen MR) is 366 cm³/mol. The Bertz CT molecular complexity index is 5280. The Morgan fingerprint density at radius 2 is 0.600 bits per heavy atom. The summed E-state index contributed by atoms with van der Waals surface area (Å²) in [4.78, 5) is 25.6. The minimum Gasteiger partial charge on any atom is -0.319 e. The molecule has 0 bridgehead atoms. The zero-order valence-corrected chi connectivity index (χ0v) is 48.4. The van der Waals surface area contributed by atoms with E-state index in [2.05, 4.69) is 214 Å². The topological polar surface area (TPSA) is 89.6 Å². The first-order chi connectivity index (χ1) is 44.5. The van der Waals surface area contributed by atoms with Gasteiger partial charge in [0.1, 0.15) is 0 Å². The second kappa shape index (κ2) is 22.3. The van der Waals surface area contributed by atoms with E-state index in [4.69, 9.17) is 19.9 Å². The van der Waals surface area contributed by atoms with E-state index in [0.717, 1.165) is 145 Å². The van der Waals surface area contributed by atoms with Crippen LogP contribution in [0.15, 0.2) is 303 Å². The number of fused-ring (bicyclic) bond motifs is 6. The van der Waals surface area contributed by atoms with Gasteiger partial charge < -0.3 is 9.13 Å². The van der Waals surface area contributed by atoms with Crippen LogP contribution in [0.25, 0.3) is 161 Å². The average Bonchev–Trinajstić information content (AvgIpc) is 1.56. The average molecular weight is 1150 g/mol. The van der Waals surface area contributed by atoms with Gasteiger partial charge in [-0.15, -0.1) is 0 Å². The van der Waals surface area contributed by atoms with Gasteiger partial charge in [0.15, 0.2) is 0 Å². The Labute approximate surface area is 519 Å². The molecule has 6 aromatic heterocycles. The zero-order chi connectivity index (χ0) is 60.1. The van der Waals surface area contributed by atoms with E-state index >= 15 is 0 Å². The summed E-state index contributed by atoms with van der Waals surface area (Å²) in [6.07, 6.45) is 0. The second-order valence-corrected chi connectivity index (χ2v) is 22.3. The first-order valence-corrected chi connectivity index (χ1v) is 29.9. The standard InChI is InChI=1S/C82H50N8/c1-84-81-80(89-76-42-37-59(72-33-15-29-68(85-72)54-20-6-2-7-21-54)48-64(76)65-49-60(38-43-77(65)89)73-34-16-30-69(86-73)55-22-8-3-9-23-55)46-41-63(58-28-14-19-53(47-58)52-83)82(81)90-78-44-39-61(74-35-17-31-70(87-74)56-24-10-4-11-25-56)50-66(78)67-51-62(40-45-79(67)90)75-36-18-32-71(88-75)57-26-12-5-13-27-57/h2-51H. The van der Waals surface area contributed by atoms with Gasteiger partial charge >= 0.3 is 0 Å². The predicted octanol–water partition coefficient (Wildman–Crippen LogP) is 20.9. The van der Waals surface area contributed by atoms with Crippen LogP contribution >= 0.6 is 0 Å². The van der Waals surface area contributed by atoms with E-state index < -0.39 is 0 Å². The number of hydrogen-bond acceptors (Lipinski definition) is 5. The number of benzene rings is 10. The summed E-state index contributed by atoms with van der Waals surface area (Å²) >= 11 is 0. The third-order valence-corrected chi connectivity index (χ3v) is 17.0. The molecule has 0 saturated heterocycles. The van der Waals surface area contributed by atoms with Gasteiger partial charge in [0.25, 0.3) is 0 Å². The molecule has 0 aliphatic heterocycles. The van der Waals surface area contributed by atoms with Crippen molar-refractivity contribution in [2.75, 3.05) is 0 Å². The van der Waals surface area contributed by atoms with Crippen molar-refractivity contribution in [3.05, 3.63) is 320 Å². The van der Waals surface area contributed by atoms with Crippen LogP contribution in [-0.4, -0.2) is 29.1 Å². The van der Waals surface area contributed by atoms with E-state index in [0.29, 0.717) is 22.6 Å². The van der Waals surface area contributed by atoms with Crippen molar-refractivity contribution in [2.45, 2.75) is 0 Å². The molecular formula is C82H50N8. The summed E-state index contributed by atoms with van der Waals surface area (Å²) < 4.78 is 4.50. The summed E-state index contributed by atoms with van der Waals surface area (Å²) in [5, 5.41) is 14.3. The summed E-state index contributed by atoms with van der Waals surface area (Å²) in [6.45, 7) is 9.56. The molecule has 0 unspecified atom stereocenters. The number of nitriles is 1. The van der Waals surface area contributed by atoms with Crippen LogP contribution in [0.1, 0.15) is 5.56 Å². The van der Waals surface area contributed by atoms with E-state index in [1.165, 1.54) is 0 Å². The largest absolute Gasteiger partial charge is 0.319 e. The fourth-order valence-electron chi connectivity index (χ4n) is 12.7. The molecule has 0 amide bonds. The third kappa shape index (κ3) is 9.42. The molecule has 0 fully saturated rings. The zero-order valence-electron chi connectivity index (χ0n) is 48.4. The summed E-state index contributed by atoms with van der Waals surface area (Å²) in [6, 6.07) is 106. The Balaban J connectivity index is 0.953. The number of aromatic nitrogens is 6. The van der Waals surface area contributed by atoms with Crippen LogP contribution in [-0.2, 0) is 0 Å². The Morgan fingerprint density at radius 3 is 0.933 bits per heavy atom. The number of rotatable bonds is 11. The molecular weight excluding hydrogens is 1100 g/mol. The number of hydrogen-bond donors (Lipinski definition) is 0. The maximum absolute atomic E-state index is 10.4. The molecule has 0 spiro atoms. The summed E-state index contributed by atoms with van der Waals surface area (Å²) in [7, 11) is 0. The number of nitrogens with zero attached hydrogens (tertiary/aromatic N) is 8. The van der Waals surface area contributed by atoms with E-state index in [1.54, 1.807) is 0 Å². The van der Waals surface area contributed by atoms with E-state index in [-0.39, 0.29) is 0 Å². The lowest BCUT2D eigenvalue weighted by molar-refractivity contribution is 1.14. The molecule has 16 aromatic rings. The van der Waals surface area contributed by atoms with Gasteiger partial charge in [-0.05, 0) is 126 Å². The minimum atomic E-state index is 0.428. The highest BCUT2D eigenvalue weighted by atomic mass is 15.1. The highest BCUT2D eigenvalue weighted by Gasteiger charge is 2.26. The molecule has 6 heterocycles. The SMILES string of the molecule is [C-]#[N+]c1c(-n2c3ccc(-c4cccc(-c5ccccc5)n4)cc3c3cc(-c4cccc(-c5ccccc5)n4)ccc32)ccc(-c2cccc(C#N)c2)c1-n1c2ccc(-c3cccc(-c4ccccc4)n3)cc2c2cc(-c3cccc(-c4ccccc4)n3)ccc21. The number of pyridine rings is 4. The molecule has 0 aliphatic carbocycles. The second-order valence-electron chi connectivity index (χ2n) is 22.3. The molecule has 8 nitrogen and oxygen atoms in total. The third-order valence-electron chi connectivity index (χ3n) is 17.0. The Kier molecular flexibility index (Phi) is 13.1. The van der Waals surface area contributed by atoms with Crippen LogP contribution in [0.2, 0.25) is 0 Å². The summed E-state index contributed by atoms with van der Waals surface area (Å²) in [5.41, 5.74) is 22.4. The molecule has 90 heavy (non-hydrogen) atoms. The van der Waals surface area contributed by atoms with Crippen molar-refractivity contribution < 1.29 is 0 Å². The Hall–Kier alpha value is -12.6. The lowest BCUT2D eigenvalue weighted by Crippen LogP contribution is -2.03. The van der Waals surface area contributed by atoms with Gasteiger partial charge in [0.05, 0.1) is 97.2 Å². The van der Waals surface area contributed by atoms with Crippen molar-refractivity contribution >= 4 is 49.3 Å². The van der Waals surface area contributed by atoms with Gasteiger partial charge in [0.2, 0.25) is 5.69 Å². The van der Waals surface area contributed by atoms with Crippen molar-refractivity contribution in [1.82, 2.24) is 29.1 Å². The van der Waals surface area contributed by atoms with E-state index in [1.807, 2.05) is 109 Å². The van der Waals surface area contributed by atoms with Gasteiger partial charge in [0, 0.05) is 66.1 Å². The Morgan fingerprint density at radius 1 is 0.289 bits per heavy atom. The molecule has 0 radical (unpaired) electrons. The van der Waals surface area contributed by atoms with E-state index in [9.17, 15) is 11.8 Å². The molecule has 16 rings (SSSR count). The van der Waals surface area contributed by atoms with Gasteiger partial charge in [-0.1, -0.05) is 188 Å². The highest BCUT2D eigenvalue weighted by Crippen LogP contribution is 2.48. The fraction of sp³-hybridized carbons (Fsp3) is 0. The normalized spacial score (nSPS) is 11.3. The molecule has 0 N–H and O–H groups in total. The molecule has 418 valence electrons. The molecule has 10 aromatic carbocycles. The van der Waals surface area contributed by atoms with Crippen LogP contribution in [0, 0.1) is 17.9 Å². The monoisotopic (exact) mass is 1150 g/mol. The van der Waals surface area contributed by atoms with Crippen molar-refractivity contribution in [3.8, 4) is 119 Å². The fourth-order valence-corrected chi connectivity index (χ4v) is 12.7. The highest BCUT2D eigenvalue weighted by molar-refractivity contribution is 6.15. The molecule has 0 atom stereocenters. The summed E-state index contributed by atoms with van der Waals surface area (Å²) in [5.74, 6) is 0. The van der Waals surface area contributed by atoms with Gasteiger partial charge in [-0.25, -0.2) is 24.8 Å². The van der Waals surface area contributed by atoms with Gasteiger partial charge in [-0.2, -0.15) is 5.26 Å². The maximum atomic E-state index is 10.4. The van der Waals surface area contributed by atoms with Crippen LogP contribution < -0.4 is 0 Å². The smallest absolute Gasteiger partial charge is 0.234 e. The molecule has 0 aliphatic rings. The van der Waals surface area contributed by atoms with Crippen molar-refractivity contribution in [1.29, 1.82) is 5.26 Å². The minimum absolute atomic E-state index is 0.428. The van der Waals surface area contributed by atoms with Crippen LogP contribution in [0.5, 0.6) is 0 Å². The quantitative estimate of drug-likeness (QED) is 0.120. The van der Waals surface area contributed by atoms with Crippen LogP contribution in [0.3, 0.4) is 0 Å². The van der Waals surface area contributed by atoms with Crippen molar-refractivity contribution in [2.24, 2.45) is 0 Å². The first kappa shape index (κ1) is 52.9. The van der Waals surface area contributed by atoms with Gasteiger partial charge in [-0.3, -0.25) is 0 Å². The molecule has 0 saturated carbocycles. The molecule has 8 heteroatoms.